The highest BCUT2D eigenvalue weighted by molar-refractivity contribution is 7.91. The summed E-state index contributed by atoms with van der Waals surface area (Å²) in [6.45, 7) is 1.86. The molecule has 2 aromatic carbocycles. The van der Waals surface area contributed by atoms with E-state index in [4.69, 9.17) is 27.9 Å². The molecular weight excluding hydrogens is 452 g/mol. The van der Waals surface area contributed by atoms with Crippen molar-refractivity contribution < 1.29 is 22.3 Å². The molecule has 5 nitrogen and oxygen atoms in total. The number of carbonyl (C=O) groups is 1. The number of carbonyl (C=O) groups excluding carboxylic acids is 1. The zero-order valence-corrected chi connectivity index (χ0v) is 18.7. The minimum atomic E-state index is -3.23. The molecule has 0 bridgehead atoms. The van der Waals surface area contributed by atoms with Gasteiger partial charge in [-0.15, -0.1) is 0 Å². The van der Waals surface area contributed by atoms with Crippen LogP contribution in [0.1, 0.15) is 25.3 Å². The SMILES string of the molecule is CC[C@H](Oc1ccccc1F)C(=O)N(Cc1ccc(Cl)cc1Cl)[C@@H]1CCS(=O)(=O)C1. The van der Waals surface area contributed by atoms with E-state index in [1.165, 1.54) is 23.1 Å². The predicted octanol–water partition coefficient (Wildman–Crippen LogP) is 4.51. The van der Waals surface area contributed by atoms with Gasteiger partial charge in [0.1, 0.15) is 0 Å². The number of para-hydroxylation sites is 1. The van der Waals surface area contributed by atoms with Gasteiger partial charge in [0.15, 0.2) is 27.5 Å². The van der Waals surface area contributed by atoms with E-state index in [2.05, 4.69) is 0 Å². The summed E-state index contributed by atoms with van der Waals surface area (Å²) in [5, 5.41) is 0.837. The van der Waals surface area contributed by atoms with E-state index in [-0.39, 0.29) is 30.2 Å². The molecule has 0 N–H and O–H groups in total. The van der Waals surface area contributed by atoms with Gasteiger partial charge in [-0.25, -0.2) is 12.8 Å². The molecule has 0 aromatic heterocycles. The van der Waals surface area contributed by atoms with Crippen LogP contribution in [0.4, 0.5) is 4.39 Å². The highest BCUT2D eigenvalue weighted by atomic mass is 35.5. The minimum Gasteiger partial charge on any atom is -0.478 e. The van der Waals surface area contributed by atoms with Crippen LogP contribution in [0.5, 0.6) is 5.75 Å². The lowest BCUT2D eigenvalue weighted by Gasteiger charge is -2.32. The van der Waals surface area contributed by atoms with Gasteiger partial charge < -0.3 is 9.64 Å². The molecule has 0 spiro atoms. The summed E-state index contributed by atoms with van der Waals surface area (Å²) in [5.41, 5.74) is 0.638. The van der Waals surface area contributed by atoms with Crippen LogP contribution >= 0.6 is 23.2 Å². The molecule has 1 aliphatic rings. The van der Waals surface area contributed by atoms with Crippen LogP contribution in [0.2, 0.25) is 10.0 Å². The van der Waals surface area contributed by atoms with E-state index in [1.807, 2.05) is 0 Å². The third kappa shape index (κ3) is 5.45. The molecule has 1 amide bonds. The Hall–Kier alpha value is -1.83. The first-order chi connectivity index (χ1) is 14.2. The van der Waals surface area contributed by atoms with Crippen LogP contribution in [0.3, 0.4) is 0 Å². The van der Waals surface area contributed by atoms with Crippen molar-refractivity contribution in [2.24, 2.45) is 0 Å². The minimum absolute atomic E-state index is 0.0146. The zero-order chi connectivity index (χ0) is 21.9. The lowest BCUT2D eigenvalue weighted by atomic mass is 10.1. The molecule has 1 fully saturated rings. The Morgan fingerprint density at radius 2 is 2.00 bits per heavy atom. The molecule has 30 heavy (non-hydrogen) atoms. The fraction of sp³-hybridized carbons (Fsp3) is 0.381. The summed E-state index contributed by atoms with van der Waals surface area (Å²) in [6.07, 6.45) is -0.344. The number of benzene rings is 2. The Morgan fingerprint density at radius 1 is 1.27 bits per heavy atom. The number of hydrogen-bond acceptors (Lipinski definition) is 4. The van der Waals surface area contributed by atoms with Crippen LogP contribution in [-0.4, -0.2) is 42.9 Å². The van der Waals surface area contributed by atoms with E-state index in [1.54, 1.807) is 31.2 Å². The second-order valence-electron chi connectivity index (χ2n) is 7.20. The van der Waals surface area contributed by atoms with Crippen molar-refractivity contribution in [2.45, 2.75) is 38.5 Å². The van der Waals surface area contributed by atoms with Gasteiger partial charge in [-0.05, 0) is 42.7 Å². The zero-order valence-electron chi connectivity index (χ0n) is 16.4. The second kappa shape index (κ2) is 9.54. The normalized spacial score (nSPS) is 18.7. The van der Waals surface area contributed by atoms with Crippen molar-refractivity contribution >= 4 is 38.9 Å². The Bertz CT molecular complexity index is 1030. The molecule has 0 aliphatic carbocycles. The summed E-state index contributed by atoms with van der Waals surface area (Å²) in [5.74, 6) is -1.12. The smallest absolute Gasteiger partial charge is 0.264 e. The van der Waals surface area contributed by atoms with Crippen molar-refractivity contribution in [1.82, 2.24) is 4.90 Å². The van der Waals surface area contributed by atoms with E-state index in [0.29, 0.717) is 22.0 Å². The maximum absolute atomic E-state index is 14.0. The molecule has 2 aromatic rings. The highest BCUT2D eigenvalue weighted by Gasteiger charge is 2.37. The van der Waals surface area contributed by atoms with E-state index < -0.39 is 33.7 Å². The fourth-order valence-corrected chi connectivity index (χ4v) is 5.63. The number of ether oxygens (including phenoxy) is 1. The summed E-state index contributed by atoms with van der Waals surface area (Å²) < 4.78 is 43.8. The molecule has 0 saturated carbocycles. The largest absolute Gasteiger partial charge is 0.478 e. The monoisotopic (exact) mass is 473 g/mol. The number of sulfone groups is 1. The molecule has 0 radical (unpaired) electrons. The van der Waals surface area contributed by atoms with Gasteiger partial charge in [0.05, 0.1) is 11.5 Å². The van der Waals surface area contributed by atoms with Gasteiger partial charge in [-0.3, -0.25) is 4.79 Å². The van der Waals surface area contributed by atoms with Crippen LogP contribution in [0.15, 0.2) is 42.5 Å². The highest BCUT2D eigenvalue weighted by Crippen LogP contribution is 2.27. The van der Waals surface area contributed by atoms with Gasteiger partial charge in [-0.2, -0.15) is 0 Å². The molecule has 9 heteroatoms. The molecule has 3 rings (SSSR count). The van der Waals surface area contributed by atoms with E-state index in [0.717, 1.165) is 0 Å². The second-order valence-corrected chi connectivity index (χ2v) is 10.3. The van der Waals surface area contributed by atoms with Crippen molar-refractivity contribution in [2.75, 3.05) is 11.5 Å². The Balaban J connectivity index is 1.89. The Morgan fingerprint density at radius 3 is 2.60 bits per heavy atom. The van der Waals surface area contributed by atoms with E-state index >= 15 is 0 Å². The van der Waals surface area contributed by atoms with Crippen LogP contribution in [-0.2, 0) is 21.2 Å². The quantitative estimate of drug-likeness (QED) is 0.593. The Labute approximate surface area is 185 Å². The molecular formula is C21H22Cl2FNO4S. The van der Waals surface area contributed by atoms with Gasteiger partial charge in [0.25, 0.3) is 5.91 Å². The van der Waals surface area contributed by atoms with Crippen molar-refractivity contribution in [1.29, 1.82) is 0 Å². The number of hydrogen-bond donors (Lipinski definition) is 0. The number of halogens is 3. The first-order valence-electron chi connectivity index (χ1n) is 9.56. The van der Waals surface area contributed by atoms with Crippen LogP contribution in [0.25, 0.3) is 0 Å². The first kappa shape index (κ1) is 22.8. The average Bonchev–Trinajstić information content (AvgIpc) is 3.05. The molecule has 1 saturated heterocycles. The summed E-state index contributed by atoms with van der Waals surface area (Å²) in [6, 6.07) is 10.3. The van der Waals surface area contributed by atoms with Gasteiger partial charge in [-0.1, -0.05) is 48.3 Å². The predicted molar refractivity (Wildman–Crippen MR) is 115 cm³/mol. The molecule has 1 aliphatic heterocycles. The van der Waals surface area contributed by atoms with Crippen LogP contribution < -0.4 is 4.74 Å². The number of rotatable bonds is 7. The van der Waals surface area contributed by atoms with Gasteiger partial charge in [0.2, 0.25) is 0 Å². The third-order valence-electron chi connectivity index (χ3n) is 5.04. The van der Waals surface area contributed by atoms with E-state index in [9.17, 15) is 17.6 Å². The summed E-state index contributed by atoms with van der Waals surface area (Å²) >= 11 is 12.2. The maximum Gasteiger partial charge on any atom is 0.264 e. The lowest BCUT2D eigenvalue weighted by molar-refractivity contribution is -0.141. The number of amides is 1. The Kier molecular flexibility index (Phi) is 7.26. The van der Waals surface area contributed by atoms with Crippen molar-refractivity contribution in [3.63, 3.8) is 0 Å². The van der Waals surface area contributed by atoms with Crippen molar-refractivity contribution in [3.05, 3.63) is 63.9 Å². The standard InChI is InChI=1S/C21H22Cl2FNO4S/c1-2-19(29-20-6-4-3-5-18(20)24)21(26)25(16-9-10-30(27,28)13-16)12-14-7-8-15(22)11-17(14)23/h3-8,11,16,19H,2,9-10,12-13H2,1H3/t16-,19+/m1/s1. The summed E-state index contributed by atoms with van der Waals surface area (Å²) in [4.78, 5) is 14.9. The average molecular weight is 474 g/mol. The lowest BCUT2D eigenvalue weighted by Crippen LogP contribution is -2.47. The third-order valence-corrected chi connectivity index (χ3v) is 7.38. The molecule has 162 valence electrons. The number of nitrogens with zero attached hydrogens (tertiary/aromatic N) is 1. The van der Waals surface area contributed by atoms with Gasteiger partial charge >= 0.3 is 0 Å². The molecule has 0 unspecified atom stereocenters. The van der Waals surface area contributed by atoms with Crippen LogP contribution in [0, 0.1) is 5.82 Å². The molecule has 2 atom stereocenters. The topological polar surface area (TPSA) is 63.7 Å². The summed E-state index contributed by atoms with van der Waals surface area (Å²) in [7, 11) is -3.23. The maximum atomic E-state index is 14.0. The molecule has 1 heterocycles. The van der Waals surface area contributed by atoms with Gasteiger partial charge in [0, 0.05) is 22.6 Å². The first-order valence-corrected chi connectivity index (χ1v) is 12.1. The fourth-order valence-electron chi connectivity index (χ4n) is 3.43. The van der Waals surface area contributed by atoms with Crippen molar-refractivity contribution in [3.8, 4) is 5.75 Å².